The first-order chi connectivity index (χ1) is 10.6. The lowest BCUT2D eigenvalue weighted by Gasteiger charge is -2.08. The molecule has 0 aliphatic carbocycles. The van der Waals surface area contributed by atoms with Crippen molar-refractivity contribution in [2.45, 2.75) is 6.92 Å². The third-order valence-corrected chi connectivity index (χ3v) is 3.50. The predicted octanol–water partition coefficient (Wildman–Crippen LogP) is 2.88. The second-order valence-electron chi connectivity index (χ2n) is 4.53. The molecule has 0 aliphatic rings. The Balaban J connectivity index is 2.44. The number of carbonyl (C=O) groups is 1. The molecule has 22 heavy (non-hydrogen) atoms. The number of nitrogens with zero attached hydrogens (tertiary/aromatic N) is 1. The maximum Gasteiger partial charge on any atom is 0.373 e. The molecule has 0 unspecified atom stereocenters. The Hall–Kier alpha value is -2.47. The fourth-order valence-corrected chi connectivity index (χ4v) is 2.50. The summed E-state index contributed by atoms with van der Waals surface area (Å²) in [5, 5.41) is 1.17. The molecule has 3 rings (SSSR count). The third-order valence-electron chi connectivity index (χ3n) is 3.26. The van der Waals surface area contributed by atoms with Gasteiger partial charge in [0, 0.05) is 16.5 Å². The zero-order chi connectivity index (χ0) is 15.9. The van der Waals surface area contributed by atoms with Crippen molar-refractivity contribution < 1.29 is 18.8 Å². The van der Waals surface area contributed by atoms with Crippen molar-refractivity contribution in [2.24, 2.45) is 0 Å². The van der Waals surface area contributed by atoms with Gasteiger partial charge in [-0.15, -0.1) is 0 Å². The van der Waals surface area contributed by atoms with Crippen LogP contribution in [0.25, 0.3) is 16.4 Å². The number of halogens is 1. The van der Waals surface area contributed by atoms with Crippen LogP contribution in [-0.4, -0.2) is 24.3 Å². The van der Waals surface area contributed by atoms with Gasteiger partial charge in [-0.3, -0.25) is 0 Å². The molecule has 0 saturated carbocycles. The van der Waals surface area contributed by atoms with E-state index in [-0.39, 0.29) is 17.7 Å². The van der Waals surface area contributed by atoms with Crippen LogP contribution in [0.3, 0.4) is 0 Å². The topological polar surface area (TPSA) is 70.2 Å². The normalized spacial score (nSPS) is 11.0. The number of benzene rings is 1. The Kier molecular flexibility index (Phi) is 3.54. The van der Waals surface area contributed by atoms with Crippen molar-refractivity contribution in [1.29, 1.82) is 0 Å². The van der Waals surface area contributed by atoms with E-state index in [0.29, 0.717) is 21.7 Å². The molecule has 0 saturated heterocycles. The van der Waals surface area contributed by atoms with E-state index in [0.717, 1.165) is 0 Å². The number of carbonyl (C=O) groups excluding carboxylic acids is 1. The van der Waals surface area contributed by atoms with E-state index in [2.05, 4.69) is 0 Å². The van der Waals surface area contributed by atoms with E-state index in [4.69, 9.17) is 25.6 Å². The van der Waals surface area contributed by atoms with E-state index in [9.17, 15) is 9.59 Å². The maximum atomic E-state index is 12.0. The smallest absolute Gasteiger partial charge is 0.373 e. The molecular weight excluding hydrogens is 310 g/mol. The molecule has 2 aromatic heterocycles. The monoisotopic (exact) mass is 321 g/mol. The molecule has 1 aromatic carbocycles. The highest BCUT2D eigenvalue weighted by Gasteiger charge is 2.23. The average molecular weight is 322 g/mol. The fourth-order valence-electron chi connectivity index (χ4n) is 2.34. The minimum absolute atomic E-state index is 0.159. The van der Waals surface area contributed by atoms with Crippen LogP contribution in [0.1, 0.15) is 17.3 Å². The highest BCUT2D eigenvalue weighted by molar-refractivity contribution is 6.31. The molecular formula is C15H12ClNO5. The number of methoxy groups -OCH3 is 1. The average Bonchev–Trinajstić information content (AvgIpc) is 2.82. The summed E-state index contributed by atoms with van der Waals surface area (Å²) in [5.74, 6) is -0.236. The van der Waals surface area contributed by atoms with Crippen LogP contribution in [0.5, 0.6) is 5.75 Å². The van der Waals surface area contributed by atoms with Gasteiger partial charge in [0.05, 0.1) is 19.2 Å². The van der Waals surface area contributed by atoms with Crippen molar-refractivity contribution in [3.8, 4) is 5.75 Å². The predicted molar refractivity (Wildman–Crippen MR) is 81.0 cm³/mol. The molecule has 0 bridgehead atoms. The largest absolute Gasteiger partial charge is 0.496 e. The van der Waals surface area contributed by atoms with E-state index in [1.54, 1.807) is 31.2 Å². The summed E-state index contributed by atoms with van der Waals surface area (Å²) in [6.45, 7) is 1.82. The zero-order valence-electron chi connectivity index (χ0n) is 11.9. The summed E-state index contributed by atoms with van der Waals surface area (Å²) < 4.78 is 16.7. The van der Waals surface area contributed by atoms with Gasteiger partial charge in [0.25, 0.3) is 0 Å². The minimum atomic E-state index is -0.770. The molecule has 114 valence electrons. The lowest BCUT2D eigenvalue weighted by Crippen LogP contribution is -2.13. The van der Waals surface area contributed by atoms with Crippen molar-refractivity contribution >= 4 is 34.0 Å². The van der Waals surface area contributed by atoms with Crippen molar-refractivity contribution in [3.63, 3.8) is 0 Å². The Labute approximate surface area is 129 Å². The van der Waals surface area contributed by atoms with Crippen LogP contribution in [0, 0.1) is 0 Å². The Morgan fingerprint density at radius 1 is 1.32 bits per heavy atom. The highest BCUT2D eigenvalue weighted by atomic mass is 35.5. The third kappa shape index (κ3) is 2.12. The van der Waals surface area contributed by atoms with Gasteiger partial charge in [-0.05, 0) is 25.1 Å². The lowest BCUT2D eigenvalue weighted by molar-refractivity contribution is 0.0525. The number of esters is 1. The molecule has 0 aliphatic heterocycles. The lowest BCUT2D eigenvalue weighted by atomic mass is 10.1. The summed E-state index contributed by atoms with van der Waals surface area (Å²) in [5.41, 5.74) is -0.139. The molecule has 0 radical (unpaired) electrons. The second kappa shape index (κ2) is 5.38. The van der Waals surface area contributed by atoms with Crippen molar-refractivity contribution in [3.05, 3.63) is 45.3 Å². The molecule has 7 heteroatoms. The van der Waals surface area contributed by atoms with E-state index in [1.165, 1.54) is 11.7 Å². The van der Waals surface area contributed by atoms with Gasteiger partial charge in [-0.1, -0.05) is 11.6 Å². The Bertz CT molecular complexity index is 940. The van der Waals surface area contributed by atoms with E-state index < -0.39 is 11.6 Å². The quantitative estimate of drug-likeness (QED) is 0.694. The first-order valence-electron chi connectivity index (χ1n) is 6.56. The number of pyridine rings is 1. The number of rotatable bonds is 3. The molecule has 0 N–H and O–H groups in total. The van der Waals surface area contributed by atoms with Crippen LogP contribution >= 0.6 is 11.6 Å². The zero-order valence-corrected chi connectivity index (χ0v) is 12.6. The summed E-state index contributed by atoms with van der Waals surface area (Å²) in [4.78, 5) is 24.0. The number of ether oxygens (including phenoxy) is 2. The van der Waals surface area contributed by atoms with Gasteiger partial charge in [-0.25, -0.2) is 9.59 Å². The van der Waals surface area contributed by atoms with Crippen molar-refractivity contribution in [2.75, 3.05) is 13.7 Å². The van der Waals surface area contributed by atoms with Gasteiger partial charge in [0.2, 0.25) is 0 Å². The fraction of sp³-hybridized carbons (Fsp3) is 0.200. The van der Waals surface area contributed by atoms with Crippen LogP contribution in [0.4, 0.5) is 0 Å². The molecule has 6 nitrogen and oxygen atoms in total. The number of hydrogen-bond acceptors (Lipinski definition) is 5. The molecule has 0 spiro atoms. The summed E-state index contributed by atoms with van der Waals surface area (Å²) >= 11 is 6.01. The summed E-state index contributed by atoms with van der Waals surface area (Å²) in [6, 6.07) is 6.64. The molecule has 2 heterocycles. The molecule has 0 amide bonds. The second-order valence-corrected chi connectivity index (χ2v) is 4.96. The highest BCUT2D eigenvalue weighted by Crippen LogP contribution is 2.30. The van der Waals surface area contributed by atoms with Gasteiger partial charge >= 0.3 is 11.6 Å². The SMILES string of the molecule is CCOC(=O)c1c(=O)on2c1cc(OC)c1ccc(Cl)cc12. The summed E-state index contributed by atoms with van der Waals surface area (Å²) in [6.07, 6.45) is 0. The minimum Gasteiger partial charge on any atom is -0.496 e. The molecule has 3 aromatic rings. The van der Waals surface area contributed by atoms with Crippen LogP contribution in [-0.2, 0) is 4.74 Å². The van der Waals surface area contributed by atoms with Gasteiger partial charge < -0.3 is 14.0 Å². The van der Waals surface area contributed by atoms with Crippen LogP contribution in [0.15, 0.2) is 33.6 Å². The number of aromatic nitrogens is 1. The summed E-state index contributed by atoms with van der Waals surface area (Å²) in [7, 11) is 1.50. The van der Waals surface area contributed by atoms with Gasteiger partial charge in [0.15, 0.2) is 5.56 Å². The molecule has 0 fully saturated rings. The maximum absolute atomic E-state index is 12.0. The number of hydrogen-bond donors (Lipinski definition) is 0. The van der Waals surface area contributed by atoms with Crippen LogP contribution < -0.4 is 10.4 Å². The Morgan fingerprint density at radius 2 is 2.09 bits per heavy atom. The number of fused-ring (bicyclic) bond motifs is 3. The molecule has 0 atom stereocenters. The standard InChI is InChI=1S/C15H12ClNO5/c1-3-21-14(18)13-11-7-12(20-2)9-5-4-8(16)6-10(9)17(11)22-15(13)19/h4-7H,3H2,1-2H3. The van der Waals surface area contributed by atoms with E-state index in [1.807, 2.05) is 0 Å². The van der Waals surface area contributed by atoms with Crippen LogP contribution in [0.2, 0.25) is 5.02 Å². The van der Waals surface area contributed by atoms with Gasteiger partial charge in [0.1, 0.15) is 11.3 Å². The first-order valence-corrected chi connectivity index (χ1v) is 6.94. The van der Waals surface area contributed by atoms with Crippen molar-refractivity contribution in [1.82, 2.24) is 4.57 Å². The Morgan fingerprint density at radius 3 is 2.77 bits per heavy atom. The van der Waals surface area contributed by atoms with E-state index >= 15 is 0 Å². The van der Waals surface area contributed by atoms with Gasteiger partial charge in [-0.2, -0.15) is 4.57 Å². The first kappa shape index (κ1) is 14.5.